The minimum absolute atomic E-state index is 0.0356. The first-order chi connectivity index (χ1) is 9.49. The zero-order chi connectivity index (χ0) is 14.7. The molecule has 0 fully saturated rings. The van der Waals surface area contributed by atoms with E-state index in [0.717, 1.165) is 0 Å². The van der Waals surface area contributed by atoms with Crippen LogP contribution in [0.1, 0.15) is 17.3 Å². The summed E-state index contributed by atoms with van der Waals surface area (Å²) in [6.07, 6.45) is -1.10. The van der Waals surface area contributed by atoms with Gasteiger partial charge in [-0.05, 0) is 12.1 Å². The van der Waals surface area contributed by atoms with E-state index in [1.54, 1.807) is 30.3 Å². The molecule has 20 heavy (non-hydrogen) atoms. The SMILES string of the molecule is CC(=O)NC1=C(Cl)C(=O)O[C@@H]1NC(=O)c1ccccc1. The van der Waals surface area contributed by atoms with Crippen LogP contribution in [0.25, 0.3) is 0 Å². The van der Waals surface area contributed by atoms with E-state index >= 15 is 0 Å². The number of carbonyl (C=O) groups is 3. The molecule has 1 heterocycles. The summed E-state index contributed by atoms with van der Waals surface area (Å²) in [5.74, 6) is -1.66. The molecular weight excluding hydrogens is 284 g/mol. The van der Waals surface area contributed by atoms with Crippen molar-refractivity contribution in [2.24, 2.45) is 0 Å². The highest BCUT2D eigenvalue weighted by Gasteiger charge is 2.35. The highest BCUT2D eigenvalue weighted by Crippen LogP contribution is 2.22. The minimum atomic E-state index is -1.10. The van der Waals surface area contributed by atoms with Crippen LogP contribution in [0.5, 0.6) is 0 Å². The van der Waals surface area contributed by atoms with Crippen LogP contribution in [0.3, 0.4) is 0 Å². The molecule has 0 aromatic heterocycles. The van der Waals surface area contributed by atoms with E-state index in [4.69, 9.17) is 16.3 Å². The molecule has 2 amide bonds. The van der Waals surface area contributed by atoms with Gasteiger partial charge >= 0.3 is 5.97 Å². The van der Waals surface area contributed by atoms with Crippen molar-refractivity contribution >= 4 is 29.4 Å². The molecule has 104 valence electrons. The van der Waals surface area contributed by atoms with Crippen LogP contribution in [0.15, 0.2) is 41.1 Å². The lowest BCUT2D eigenvalue weighted by Gasteiger charge is -2.15. The van der Waals surface area contributed by atoms with Crippen molar-refractivity contribution in [3.8, 4) is 0 Å². The molecule has 7 heteroatoms. The molecule has 2 N–H and O–H groups in total. The van der Waals surface area contributed by atoms with E-state index in [1.165, 1.54) is 6.92 Å². The van der Waals surface area contributed by atoms with Gasteiger partial charge in [0.2, 0.25) is 12.1 Å². The summed E-state index contributed by atoms with van der Waals surface area (Å²) in [7, 11) is 0. The van der Waals surface area contributed by atoms with Crippen LogP contribution in [0.2, 0.25) is 0 Å². The molecule has 1 aromatic carbocycles. The Kier molecular flexibility index (Phi) is 4.05. The van der Waals surface area contributed by atoms with E-state index in [0.29, 0.717) is 5.56 Å². The van der Waals surface area contributed by atoms with Crippen molar-refractivity contribution < 1.29 is 19.1 Å². The summed E-state index contributed by atoms with van der Waals surface area (Å²) in [5.41, 5.74) is 0.433. The van der Waals surface area contributed by atoms with Gasteiger partial charge in [-0.15, -0.1) is 0 Å². The van der Waals surface area contributed by atoms with Crippen molar-refractivity contribution in [1.82, 2.24) is 10.6 Å². The summed E-state index contributed by atoms with van der Waals surface area (Å²) in [6, 6.07) is 8.39. The van der Waals surface area contributed by atoms with Crippen molar-refractivity contribution in [3.05, 3.63) is 46.6 Å². The van der Waals surface area contributed by atoms with E-state index < -0.39 is 24.0 Å². The summed E-state index contributed by atoms with van der Waals surface area (Å²) >= 11 is 5.74. The smallest absolute Gasteiger partial charge is 0.354 e. The van der Waals surface area contributed by atoms with Crippen molar-refractivity contribution in [2.45, 2.75) is 13.2 Å². The zero-order valence-corrected chi connectivity index (χ0v) is 11.2. The molecule has 0 saturated carbocycles. The standard InChI is InChI=1S/C13H11ClN2O4/c1-7(17)15-10-9(14)13(19)20-12(10)16-11(18)8-5-3-2-4-6-8/h2-6,12H,1H3,(H,15,17)(H,16,18)/t12-/m0/s1. The van der Waals surface area contributed by atoms with Crippen LogP contribution in [-0.4, -0.2) is 24.0 Å². The lowest BCUT2D eigenvalue weighted by Crippen LogP contribution is -2.41. The van der Waals surface area contributed by atoms with Crippen LogP contribution in [0.4, 0.5) is 0 Å². The van der Waals surface area contributed by atoms with Gasteiger partial charge in [0.05, 0.1) is 0 Å². The fourth-order valence-electron chi connectivity index (χ4n) is 1.65. The summed E-state index contributed by atoms with van der Waals surface area (Å²) < 4.78 is 4.89. The molecule has 0 bridgehead atoms. The lowest BCUT2D eigenvalue weighted by atomic mass is 10.2. The van der Waals surface area contributed by atoms with Crippen molar-refractivity contribution in [3.63, 3.8) is 0 Å². The molecule has 1 aliphatic rings. The third-order valence-corrected chi connectivity index (χ3v) is 2.87. The number of nitrogens with one attached hydrogen (secondary N) is 2. The number of cyclic esters (lactones) is 1. The number of amides is 2. The van der Waals surface area contributed by atoms with Crippen LogP contribution >= 0.6 is 11.6 Å². The van der Waals surface area contributed by atoms with Gasteiger partial charge in [0.25, 0.3) is 5.91 Å². The van der Waals surface area contributed by atoms with Crippen LogP contribution in [-0.2, 0) is 14.3 Å². The molecule has 1 aliphatic heterocycles. The molecule has 1 aromatic rings. The van der Waals surface area contributed by atoms with Crippen LogP contribution < -0.4 is 10.6 Å². The Balaban J connectivity index is 2.15. The Bertz CT molecular complexity index is 598. The molecule has 0 radical (unpaired) electrons. The van der Waals surface area contributed by atoms with Gasteiger partial charge in [-0.2, -0.15) is 0 Å². The average molecular weight is 295 g/mol. The molecule has 0 saturated heterocycles. The second kappa shape index (κ2) is 5.75. The molecule has 1 atom stereocenters. The van der Waals surface area contributed by atoms with Gasteiger partial charge in [0, 0.05) is 12.5 Å². The average Bonchev–Trinajstić information content (AvgIpc) is 2.67. The predicted octanol–water partition coefficient (Wildman–Crippen LogP) is 0.886. The largest absolute Gasteiger partial charge is 0.431 e. The summed E-state index contributed by atoms with van der Waals surface area (Å²) in [4.78, 5) is 34.4. The zero-order valence-electron chi connectivity index (χ0n) is 10.5. The number of hydrogen-bond donors (Lipinski definition) is 2. The number of benzene rings is 1. The number of ether oxygens (including phenoxy) is 1. The maximum absolute atomic E-state index is 12.0. The Labute approximate surface area is 119 Å². The number of hydrogen-bond acceptors (Lipinski definition) is 4. The number of esters is 1. The third-order valence-electron chi connectivity index (χ3n) is 2.51. The number of carbonyl (C=O) groups excluding carboxylic acids is 3. The first-order valence-corrected chi connectivity index (χ1v) is 6.11. The summed E-state index contributed by atoms with van der Waals surface area (Å²) in [5, 5.41) is 4.60. The van der Waals surface area contributed by atoms with E-state index in [2.05, 4.69) is 10.6 Å². The van der Waals surface area contributed by atoms with E-state index in [9.17, 15) is 14.4 Å². The van der Waals surface area contributed by atoms with E-state index in [-0.39, 0.29) is 10.7 Å². The highest BCUT2D eigenvalue weighted by atomic mass is 35.5. The first kappa shape index (κ1) is 14.1. The Morgan fingerprint density at radius 3 is 2.50 bits per heavy atom. The van der Waals surface area contributed by atoms with Gasteiger partial charge in [-0.3, -0.25) is 9.59 Å². The van der Waals surface area contributed by atoms with Crippen LogP contribution in [0, 0.1) is 0 Å². The van der Waals surface area contributed by atoms with E-state index in [1.807, 2.05) is 0 Å². The molecule has 0 aliphatic carbocycles. The maximum atomic E-state index is 12.0. The predicted molar refractivity (Wildman–Crippen MR) is 70.5 cm³/mol. The number of rotatable bonds is 3. The van der Waals surface area contributed by atoms with Gasteiger partial charge < -0.3 is 15.4 Å². The third kappa shape index (κ3) is 2.97. The molecule has 0 spiro atoms. The quantitative estimate of drug-likeness (QED) is 0.811. The molecule has 2 rings (SSSR count). The first-order valence-electron chi connectivity index (χ1n) is 5.73. The maximum Gasteiger partial charge on any atom is 0.354 e. The highest BCUT2D eigenvalue weighted by molar-refractivity contribution is 6.42. The molecular formula is C13H11ClN2O4. The Hall–Kier alpha value is -2.34. The fraction of sp³-hybridized carbons (Fsp3) is 0.154. The second-order valence-electron chi connectivity index (χ2n) is 4.03. The lowest BCUT2D eigenvalue weighted by molar-refractivity contribution is -0.140. The molecule has 6 nitrogen and oxygen atoms in total. The topological polar surface area (TPSA) is 84.5 Å². The normalized spacial score (nSPS) is 17.7. The second-order valence-corrected chi connectivity index (χ2v) is 4.41. The van der Waals surface area contributed by atoms with Crippen molar-refractivity contribution in [1.29, 1.82) is 0 Å². The van der Waals surface area contributed by atoms with Gasteiger partial charge in [-0.25, -0.2) is 4.79 Å². The fourth-order valence-corrected chi connectivity index (χ4v) is 1.84. The number of halogens is 1. The van der Waals surface area contributed by atoms with Gasteiger partial charge in [0.1, 0.15) is 5.70 Å². The van der Waals surface area contributed by atoms with Crippen molar-refractivity contribution in [2.75, 3.05) is 0 Å². The van der Waals surface area contributed by atoms with Gasteiger partial charge in [0.15, 0.2) is 5.03 Å². The Morgan fingerprint density at radius 1 is 1.25 bits per heavy atom. The Morgan fingerprint density at radius 2 is 1.90 bits per heavy atom. The minimum Gasteiger partial charge on any atom is -0.431 e. The monoisotopic (exact) mass is 294 g/mol. The summed E-state index contributed by atoms with van der Waals surface area (Å²) in [6.45, 7) is 1.26. The molecule has 0 unspecified atom stereocenters. The van der Waals surface area contributed by atoms with Gasteiger partial charge in [-0.1, -0.05) is 29.8 Å².